The zero-order chi connectivity index (χ0) is 17.6. The van der Waals surface area contributed by atoms with E-state index in [1.54, 1.807) is 14.2 Å². The maximum atomic E-state index is 12.9. The molecule has 0 bridgehead atoms. The Labute approximate surface area is 148 Å². The molecule has 3 aromatic carbocycles. The highest BCUT2D eigenvalue weighted by Crippen LogP contribution is 2.28. The molecule has 0 aromatic heterocycles. The fourth-order valence-electron chi connectivity index (χ4n) is 3.18. The van der Waals surface area contributed by atoms with Crippen LogP contribution in [0.2, 0.25) is 0 Å². The smallest absolute Gasteiger partial charge is 0.164 e. The molecular weight excluding hydrogens is 312 g/mol. The molecule has 0 saturated heterocycles. The molecule has 0 N–H and O–H groups in total. The molecule has 1 atom stereocenters. The summed E-state index contributed by atoms with van der Waals surface area (Å²) in [5.74, 6) is -0.0751. The van der Waals surface area contributed by atoms with Gasteiger partial charge in [0.2, 0.25) is 0 Å². The van der Waals surface area contributed by atoms with Crippen LogP contribution in [0.15, 0.2) is 72.8 Å². The summed E-state index contributed by atoms with van der Waals surface area (Å²) in [7, 11) is 3.20. The quantitative estimate of drug-likeness (QED) is 0.459. The molecule has 25 heavy (non-hydrogen) atoms. The van der Waals surface area contributed by atoms with Crippen molar-refractivity contribution in [1.82, 2.24) is 0 Å². The van der Waals surface area contributed by atoms with Crippen molar-refractivity contribution in [3.05, 3.63) is 83.9 Å². The van der Waals surface area contributed by atoms with Gasteiger partial charge in [-0.3, -0.25) is 4.79 Å². The van der Waals surface area contributed by atoms with Gasteiger partial charge in [0.05, 0.1) is 0 Å². The normalized spacial score (nSPS) is 12.4. The average Bonchev–Trinajstić information content (AvgIpc) is 2.68. The zero-order valence-electron chi connectivity index (χ0n) is 14.5. The zero-order valence-corrected chi connectivity index (χ0v) is 14.5. The summed E-state index contributed by atoms with van der Waals surface area (Å²) in [5.41, 5.74) is 1.75. The van der Waals surface area contributed by atoms with E-state index in [4.69, 9.17) is 9.47 Å². The molecule has 0 spiro atoms. The van der Waals surface area contributed by atoms with Gasteiger partial charge in [-0.25, -0.2) is 0 Å². The first-order valence-corrected chi connectivity index (χ1v) is 8.35. The number of benzene rings is 3. The number of carbonyl (C=O) groups is 1. The third-order valence-corrected chi connectivity index (χ3v) is 4.50. The number of hydrogen-bond acceptors (Lipinski definition) is 3. The maximum Gasteiger partial charge on any atom is 0.164 e. The summed E-state index contributed by atoms with van der Waals surface area (Å²) >= 11 is 0. The van der Waals surface area contributed by atoms with Gasteiger partial charge in [-0.05, 0) is 22.4 Å². The van der Waals surface area contributed by atoms with E-state index in [1.807, 2.05) is 72.8 Å². The lowest BCUT2D eigenvalue weighted by atomic mass is 9.90. The molecule has 3 aromatic rings. The monoisotopic (exact) mass is 334 g/mol. The van der Waals surface area contributed by atoms with Gasteiger partial charge < -0.3 is 9.47 Å². The molecule has 1 unspecified atom stereocenters. The molecule has 0 aliphatic rings. The van der Waals surface area contributed by atoms with Crippen LogP contribution in [0, 0.1) is 0 Å². The molecular formula is C22H22O3. The van der Waals surface area contributed by atoms with Gasteiger partial charge in [0.1, 0.15) is 0 Å². The molecule has 0 heterocycles. The molecule has 0 fully saturated rings. The Bertz CT molecular complexity index is 838. The van der Waals surface area contributed by atoms with Crippen molar-refractivity contribution >= 4 is 16.6 Å². The third kappa shape index (κ3) is 3.95. The highest BCUT2D eigenvalue weighted by Gasteiger charge is 2.26. The predicted octanol–water partition coefficient (Wildman–Crippen LogP) is 4.82. The Hall–Kier alpha value is -2.49. The van der Waals surface area contributed by atoms with Crippen LogP contribution in [-0.2, 0) is 9.47 Å². The summed E-state index contributed by atoms with van der Waals surface area (Å²) in [6.45, 7) is 0. The Morgan fingerprint density at radius 1 is 0.840 bits per heavy atom. The minimum Gasteiger partial charge on any atom is -0.355 e. The highest BCUT2D eigenvalue weighted by atomic mass is 16.7. The van der Waals surface area contributed by atoms with E-state index in [0.717, 1.165) is 16.3 Å². The van der Waals surface area contributed by atoms with E-state index >= 15 is 0 Å². The van der Waals surface area contributed by atoms with Gasteiger partial charge in [-0.1, -0.05) is 66.7 Å². The largest absolute Gasteiger partial charge is 0.355 e. The number of ether oxygens (including phenoxy) is 2. The standard InChI is InChI=1S/C22H22O3/c1-24-22(25-2)20(17-9-4-3-5-10-17)15-21(23)19-13-12-16-8-6-7-11-18(16)14-19/h3-14,20,22H,15H2,1-2H3. The fourth-order valence-corrected chi connectivity index (χ4v) is 3.18. The van der Waals surface area contributed by atoms with E-state index in [0.29, 0.717) is 12.0 Å². The van der Waals surface area contributed by atoms with E-state index in [2.05, 4.69) is 0 Å². The Balaban J connectivity index is 1.88. The Morgan fingerprint density at radius 2 is 1.48 bits per heavy atom. The molecule has 0 amide bonds. The minimum atomic E-state index is -0.466. The van der Waals surface area contributed by atoms with Crippen molar-refractivity contribution in [2.24, 2.45) is 0 Å². The van der Waals surface area contributed by atoms with Gasteiger partial charge in [0.15, 0.2) is 12.1 Å². The molecule has 0 radical (unpaired) electrons. The van der Waals surface area contributed by atoms with Crippen molar-refractivity contribution in [2.45, 2.75) is 18.6 Å². The highest BCUT2D eigenvalue weighted by molar-refractivity contribution is 6.00. The SMILES string of the molecule is COC(OC)C(CC(=O)c1ccc2ccccc2c1)c1ccccc1. The second-order valence-electron chi connectivity index (χ2n) is 6.05. The number of Topliss-reactive ketones (excluding diaryl/α,β-unsaturated/α-hetero) is 1. The van der Waals surface area contributed by atoms with Crippen molar-refractivity contribution in [3.8, 4) is 0 Å². The third-order valence-electron chi connectivity index (χ3n) is 4.50. The molecule has 0 saturated carbocycles. The number of rotatable bonds is 7. The number of fused-ring (bicyclic) bond motifs is 1. The van der Waals surface area contributed by atoms with Gasteiger partial charge in [0.25, 0.3) is 0 Å². The lowest BCUT2D eigenvalue weighted by Gasteiger charge is -2.24. The Kier molecular flexibility index (Phi) is 5.59. The lowest BCUT2D eigenvalue weighted by Crippen LogP contribution is -2.25. The van der Waals surface area contributed by atoms with E-state index in [9.17, 15) is 4.79 Å². The molecule has 128 valence electrons. The van der Waals surface area contributed by atoms with Gasteiger partial charge in [-0.15, -0.1) is 0 Å². The number of carbonyl (C=O) groups excluding carboxylic acids is 1. The predicted molar refractivity (Wildman–Crippen MR) is 99.9 cm³/mol. The molecule has 3 nitrogen and oxygen atoms in total. The second kappa shape index (κ2) is 8.06. The summed E-state index contributed by atoms with van der Waals surface area (Å²) in [4.78, 5) is 12.9. The van der Waals surface area contributed by atoms with E-state index in [1.165, 1.54) is 0 Å². The first-order chi connectivity index (χ1) is 12.2. The molecule has 0 aliphatic carbocycles. The van der Waals surface area contributed by atoms with E-state index < -0.39 is 6.29 Å². The average molecular weight is 334 g/mol. The van der Waals surface area contributed by atoms with Crippen LogP contribution >= 0.6 is 0 Å². The Morgan fingerprint density at radius 3 is 2.16 bits per heavy atom. The number of ketones is 1. The first-order valence-electron chi connectivity index (χ1n) is 8.35. The summed E-state index contributed by atoms with van der Waals surface area (Å²) in [6, 6.07) is 23.8. The van der Waals surface area contributed by atoms with E-state index in [-0.39, 0.29) is 11.7 Å². The van der Waals surface area contributed by atoms with Crippen LogP contribution < -0.4 is 0 Å². The van der Waals surface area contributed by atoms with Crippen molar-refractivity contribution in [1.29, 1.82) is 0 Å². The fraction of sp³-hybridized carbons (Fsp3) is 0.227. The first kappa shape index (κ1) is 17.3. The lowest BCUT2D eigenvalue weighted by molar-refractivity contribution is -0.117. The van der Waals surface area contributed by atoms with Crippen LogP contribution in [-0.4, -0.2) is 26.3 Å². The van der Waals surface area contributed by atoms with Crippen molar-refractivity contribution in [3.63, 3.8) is 0 Å². The van der Waals surface area contributed by atoms with Gasteiger partial charge in [-0.2, -0.15) is 0 Å². The molecule has 3 heteroatoms. The summed E-state index contributed by atoms with van der Waals surface area (Å²) in [5, 5.41) is 2.20. The van der Waals surface area contributed by atoms with Crippen LogP contribution in [0.3, 0.4) is 0 Å². The van der Waals surface area contributed by atoms with Gasteiger partial charge >= 0.3 is 0 Å². The molecule has 3 rings (SSSR count). The summed E-state index contributed by atoms with van der Waals surface area (Å²) < 4.78 is 10.9. The number of methoxy groups -OCH3 is 2. The van der Waals surface area contributed by atoms with Gasteiger partial charge in [0, 0.05) is 32.1 Å². The van der Waals surface area contributed by atoms with Crippen LogP contribution in [0.1, 0.15) is 28.3 Å². The minimum absolute atomic E-state index is 0.0821. The second-order valence-corrected chi connectivity index (χ2v) is 6.05. The topological polar surface area (TPSA) is 35.5 Å². The number of hydrogen-bond donors (Lipinski definition) is 0. The van der Waals surface area contributed by atoms with Crippen molar-refractivity contribution < 1.29 is 14.3 Å². The molecule has 0 aliphatic heterocycles. The van der Waals surface area contributed by atoms with Crippen LogP contribution in [0.4, 0.5) is 0 Å². The van der Waals surface area contributed by atoms with Crippen molar-refractivity contribution in [2.75, 3.05) is 14.2 Å². The maximum absolute atomic E-state index is 12.9. The van der Waals surface area contributed by atoms with Crippen LogP contribution in [0.5, 0.6) is 0 Å². The summed E-state index contributed by atoms with van der Waals surface area (Å²) in [6.07, 6.45) is -0.138. The van der Waals surface area contributed by atoms with Crippen LogP contribution in [0.25, 0.3) is 10.8 Å².